The molecule has 0 unspecified atom stereocenters. The molecule has 247 valence electrons. The molecule has 45 heavy (non-hydrogen) atoms. The van der Waals surface area contributed by atoms with Crippen LogP contribution in [0.5, 0.6) is 0 Å². The third-order valence-corrected chi connectivity index (χ3v) is 16.7. The van der Waals surface area contributed by atoms with Gasteiger partial charge in [-0.1, -0.05) is 131 Å². The van der Waals surface area contributed by atoms with E-state index in [4.69, 9.17) is 0 Å². The van der Waals surface area contributed by atoms with Crippen LogP contribution in [-0.4, -0.2) is 53.7 Å². The Morgan fingerprint density at radius 1 is 0.689 bits per heavy atom. The summed E-state index contributed by atoms with van der Waals surface area (Å²) >= 11 is 0. The molecule has 0 spiro atoms. The summed E-state index contributed by atoms with van der Waals surface area (Å²) in [5.41, 5.74) is 2.60. The predicted molar refractivity (Wildman–Crippen MR) is 195 cm³/mol. The minimum Gasteiger partial charge on any atom is -0.341 e. The number of hydrogen-bond acceptors (Lipinski definition) is 1. The molecule has 6 rings (SSSR count). The first kappa shape index (κ1) is 36.5. The van der Waals surface area contributed by atoms with Crippen LogP contribution < -0.4 is 15.9 Å². The van der Waals surface area contributed by atoms with Gasteiger partial charge in [0.25, 0.3) is 0 Å². The fourth-order valence-corrected chi connectivity index (χ4v) is 15.1. The molecule has 0 aromatic heterocycles. The summed E-state index contributed by atoms with van der Waals surface area (Å²) in [4.78, 5) is 15.5. The number of rotatable bonds is 7. The van der Waals surface area contributed by atoms with E-state index in [9.17, 15) is 4.79 Å². The molecule has 0 bridgehead atoms. The summed E-state index contributed by atoms with van der Waals surface area (Å²) in [7, 11) is 1.29. The second-order valence-corrected chi connectivity index (χ2v) is 18.5. The van der Waals surface area contributed by atoms with Gasteiger partial charge in [-0.25, -0.2) is 4.79 Å². The largest absolute Gasteiger partial charge is 0.341 e. The van der Waals surface area contributed by atoms with Gasteiger partial charge in [0.15, 0.2) is 0 Å². The van der Waals surface area contributed by atoms with Gasteiger partial charge in [-0.15, -0.1) is 0 Å². The number of allylic oxidation sites excluding steroid dienone is 4. The fourth-order valence-electron chi connectivity index (χ4n) is 7.97. The fraction of sp³-hybridized carbons (Fsp3) is 0.564. The van der Waals surface area contributed by atoms with E-state index >= 15 is 0 Å². The van der Waals surface area contributed by atoms with Crippen LogP contribution >= 0.6 is 15.8 Å². The zero-order chi connectivity index (χ0) is 30.4. The average Bonchev–Trinajstić information content (AvgIpc) is 3.48. The Balaban J connectivity index is 0.000000447. The van der Waals surface area contributed by atoms with Gasteiger partial charge in [0, 0.05) is 39.1 Å². The standard InChI is InChI=1S/C31H44N2OP2.C8H12.Rh/c1-32-31(34)33-23-30(36(28-18-10-4-11-19-28)29-20-12-5-13-21-29)22-25(33)24-35(26-14-6-2-7-15-26)27-16-8-3-9-17-27;1-2-4-6-8-7-5-3-1;/h2-3,6-9,14-17,25,28-30H,4-5,10-13,18-24H2,1H3,(H,32,34);1-2,7-8H,3-6H2;/t25-,30-;;/m1../s1. The zero-order valence-corrected chi connectivity index (χ0v) is 30.9. The number of nitrogens with zero attached hydrogens (tertiary/aromatic N) is 1. The number of likely N-dealkylation sites (tertiary alicyclic amines) is 1. The Hall–Kier alpha value is -1.33. The summed E-state index contributed by atoms with van der Waals surface area (Å²) < 4.78 is 0. The molecule has 3 nitrogen and oxygen atoms in total. The molecule has 1 heterocycles. The quantitative estimate of drug-likeness (QED) is 0.172. The van der Waals surface area contributed by atoms with Crippen molar-refractivity contribution in [1.82, 2.24) is 10.2 Å². The SMILES string of the molecule is C1=CCCC=CCC1.CNC(=O)N1C[C@H](P(C2CCCCC2)C2CCCCC2)C[C@@H]1CP(c1ccccc1)c1ccccc1.[Rh]. The topological polar surface area (TPSA) is 32.3 Å². The summed E-state index contributed by atoms with van der Waals surface area (Å²) in [5.74, 6) is 0. The van der Waals surface area contributed by atoms with E-state index in [1.807, 2.05) is 7.05 Å². The van der Waals surface area contributed by atoms with Crippen LogP contribution in [0.4, 0.5) is 4.79 Å². The molecule has 2 aromatic rings. The smallest absolute Gasteiger partial charge is 0.317 e. The molecule has 1 N–H and O–H groups in total. The number of benzene rings is 2. The van der Waals surface area contributed by atoms with Crippen molar-refractivity contribution in [1.29, 1.82) is 0 Å². The molecule has 2 atom stereocenters. The van der Waals surface area contributed by atoms with Crippen molar-refractivity contribution in [3.63, 3.8) is 0 Å². The van der Waals surface area contributed by atoms with Gasteiger partial charge in [-0.2, -0.15) is 0 Å². The van der Waals surface area contributed by atoms with Gasteiger partial charge in [-0.3, -0.25) is 0 Å². The molecule has 4 aliphatic rings. The second kappa shape index (κ2) is 20.1. The molecule has 6 heteroatoms. The number of carbonyl (C=O) groups excluding carboxylic acids is 1. The molecule has 3 aliphatic carbocycles. The molecule has 3 fully saturated rings. The number of nitrogens with one attached hydrogen (secondary N) is 1. The first-order valence-electron chi connectivity index (χ1n) is 17.7. The van der Waals surface area contributed by atoms with E-state index in [2.05, 4.69) is 95.2 Å². The first-order chi connectivity index (χ1) is 21.7. The number of urea groups is 1. The molecule has 2 aromatic carbocycles. The van der Waals surface area contributed by atoms with Gasteiger partial charge < -0.3 is 10.2 Å². The minimum atomic E-state index is -0.500. The number of carbonyl (C=O) groups is 1. The van der Waals surface area contributed by atoms with Crippen LogP contribution in [0.2, 0.25) is 0 Å². The van der Waals surface area contributed by atoms with Crippen LogP contribution in [-0.2, 0) is 19.5 Å². The second-order valence-electron chi connectivity index (χ2n) is 13.2. The van der Waals surface area contributed by atoms with E-state index in [0.29, 0.717) is 6.04 Å². The number of amides is 2. The summed E-state index contributed by atoms with van der Waals surface area (Å²) in [6, 6.07) is 22.6. The van der Waals surface area contributed by atoms with E-state index in [1.54, 1.807) is 0 Å². The maximum absolute atomic E-state index is 13.2. The Morgan fingerprint density at radius 3 is 1.56 bits per heavy atom. The third kappa shape index (κ3) is 10.8. The van der Waals surface area contributed by atoms with Gasteiger partial charge in [0.2, 0.25) is 0 Å². The predicted octanol–water partition coefficient (Wildman–Crippen LogP) is 9.72. The van der Waals surface area contributed by atoms with E-state index in [-0.39, 0.29) is 33.4 Å². The zero-order valence-electron chi connectivity index (χ0n) is 27.5. The molecule has 2 amide bonds. The van der Waals surface area contributed by atoms with Crippen molar-refractivity contribution in [3.8, 4) is 0 Å². The van der Waals surface area contributed by atoms with Crippen LogP contribution in [0.15, 0.2) is 85.0 Å². The van der Waals surface area contributed by atoms with Crippen molar-refractivity contribution in [2.75, 3.05) is 19.8 Å². The van der Waals surface area contributed by atoms with Crippen molar-refractivity contribution in [2.24, 2.45) is 0 Å². The Kier molecular flexibility index (Phi) is 16.3. The maximum atomic E-state index is 13.2. The Labute approximate surface area is 289 Å². The van der Waals surface area contributed by atoms with Gasteiger partial charge >= 0.3 is 6.03 Å². The summed E-state index contributed by atoms with van der Waals surface area (Å²) in [6.07, 6.45) is 30.7. The molecule has 1 aliphatic heterocycles. The molecule has 1 saturated heterocycles. The van der Waals surface area contributed by atoms with Crippen LogP contribution in [0.25, 0.3) is 0 Å². The van der Waals surface area contributed by atoms with E-state index in [0.717, 1.165) is 29.7 Å². The Bertz CT molecular complexity index is 1080. The normalized spacial score (nSPS) is 22.7. The van der Waals surface area contributed by atoms with Gasteiger partial charge in [-0.05, 0) is 99.5 Å². The molecule has 1 radical (unpaired) electrons. The number of hydrogen-bond donors (Lipinski definition) is 1. The third-order valence-electron chi connectivity index (χ3n) is 10.1. The first-order valence-corrected chi connectivity index (χ1v) is 20.8. The summed E-state index contributed by atoms with van der Waals surface area (Å²) in [6.45, 7) is 0.982. The van der Waals surface area contributed by atoms with Gasteiger partial charge in [0.05, 0.1) is 0 Å². The Morgan fingerprint density at radius 2 is 1.13 bits per heavy atom. The van der Waals surface area contributed by atoms with E-state index < -0.39 is 7.92 Å². The van der Waals surface area contributed by atoms with Crippen molar-refractivity contribution in [2.45, 2.75) is 119 Å². The monoisotopic (exact) mass is 733 g/mol. The van der Waals surface area contributed by atoms with Crippen molar-refractivity contribution >= 4 is 32.5 Å². The summed E-state index contributed by atoms with van der Waals surface area (Å²) in [5, 5.41) is 5.87. The van der Waals surface area contributed by atoms with Gasteiger partial charge in [0.1, 0.15) is 0 Å². The maximum Gasteiger partial charge on any atom is 0.317 e. The average molecular weight is 734 g/mol. The molecular weight excluding hydrogens is 677 g/mol. The van der Waals surface area contributed by atoms with Crippen molar-refractivity contribution in [3.05, 3.63) is 85.0 Å². The van der Waals surface area contributed by atoms with Crippen LogP contribution in [0.1, 0.15) is 96.3 Å². The molecule has 2 saturated carbocycles. The van der Waals surface area contributed by atoms with Crippen LogP contribution in [0, 0.1) is 0 Å². The van der Waals surface area contributed by atoms with Crippen molar-refractivity contribution < 1.29 is 24.3 Å². The molecular formula is C39H56N2OP2Rh. The minimum absolute atomic E-state index is 0. The van der Waals surface area contributed by atoms with Crippen LogP contribution in [0.3, 0.4) is 0 Å². The van der Waals surface area contributed by atoms with E-state index in [1.165, 1.54) is 107 Å².